The summed E-state index contributed by atoms with van der Waals surface area (Å²) in [5.74, 6) is -0.396. The number of aliphatic hydroxyl groups excluding tert-OH is 7. The fraction of sp³-hybridized carbons (Fsp3) is 0.820. The normalized spacial score (nSPS) is 27.1. The molecule has 2 fully saturated rings. The second kappa shape index (κ2) is 38.0. The van der Waals surface area contributed by atoms with Gasteiger partial charge >= 0.3 is 5.97 Å². The molecule has 0 aliphatic carbocycles. The van der Waals surface area contributed by atoms with Gasteiger partial charge in [-0.1, -0.05) is 133 Å². The van der Waals surface area contributed by atoms with Crippen molar-refractivity contribution in [3.63, 3.8) is 0 Å². The van der Waals surface area contributed by atoms with Gasteiger partial charge in [-0.05, 0) is 70.6 Å². The molecule has 2 aliphatic rings. The van der Waals surface area contributed by atoms with Crippen LogP contribution >= 0.6 is 0 Å². The Bertz CT molecular complexity index is 1240. The van der Waals surface area contributed by atoms with Crippen LogP contribution in [0, 0.1) is 0 Å². The highest BCUT2D eigenvalue weighted by atomic mass is 16.7. The minimum absolute atomic E-state index is 0.0473. The summed E-state index contributed by atoms with van der Waals surface area (Å²) in [6.45, 7) is 3.56. The lowest BCUT2D eigenvalue weighted by Crippen LogP contribution is -2.61. The van der Waals surface area contributed by atoms with Gasteiger partial charge in [0.2, 0.25) is 0 Å². The van der Waals surface area contributed by atoms with Crippen molar-refractivity contribution in [1.29, 1.82) is 0 Å². The van der Waals surface area contributed by atoms with Crippen molar-refractivity contribution < 1.29 is 69.0 Å². The molecule has 0 bridgehead atoms. The number of carbonyl (C=O) groups excluding carboxylic acids is 1. The van der Waals surface area contributed by atoms with E-state index in [1.54, 1.807) is 0 Å². The molecule has 2 aliphatic heterocycles. The molecule has 2 saturated heterocycles. The number of ether oxygens (including phenoxy) is 6. The Morgan fingerprint density at radius 3 is 1.55 bits per heavy atom. The van der Waals surface area contributed by atoms with Gasteiger partial charge in [0.25, 0.3) is 0 Å². The molecule has 0 spiro atoms. The molecular formula is C50H88O14. The number of allylic oxidation sites excluding steroid dienone is 8. The zero-order valence-corrected chi connectivity index (χ0v) is 39.3. The number of hydrogen-bond donors (Lipinski definition) is 7. The maximum absolute atomic E-state index is 13.0. The number of unbranched alkanes of at least 4 members (excludes halogenated alkanes) is 16. The van der Waals surface area contributed by atoms with Gasteiger partial charge in [0.1, 0.15) is 54.9 Å². The SMILES string of the molecule is CCCC/C=C\C/C=C\CCCCCCCCOCC(COC1OC(COC2OC(CO)C(O)C(O)C2O)C(O)C(O)C1O)OC(=O)CCCCCCC/C=C\C/C=C\CCCCC. The highest BCUT2D eigenvalue weighted by Crippen LogP contribution is 2.26. The first-order valence-electron chi connectivity index (χ1n) is 24.7. The minimum Gasteiger partial charge on any atom is -0.457 e. The third-order valence-corrected chi connectivity index (χ3v) is 11.6. The van der Waals surface area contributed by atoms with Crippen LogP contribution in [0.2, 0.25) is 0 Å². The van der Waals surface area contributed by atoms with Crippen molar-refractivity contribution in [1.82, 2.24) is 0 Å². The summed E-state index contributed by atoms with van der Waals surface area (Å²) in [4.78, 5) is 13.0. The topological polar surface area (TPSA) is 214 Å². The Labute approximate surface area is 384 Å². The van der Waals surface area contributed by atoms with E-state index in [0.29, 0.717) is 13.0 Å². The van der Waals surface area contributed by atoms with E-state index in [0.717, 1.165) is 89.9 Å². The molecule has 0 aromatic heterocycles. The van der Waals surface area contributed by atoms with Crippen molar-refractivity contribution in [3.05, 3.63) is 48.6 Å². The van der Waals surface area contributed by atoms with E-state index in [9.17, 15) is 40.5 Å². The summed E-state index contributed by atoms with van der Waals surface area (Å²) < 4.78 is 34.2. The molecule has 0 saturated carbocycles. The third kappa shape index (κ3) is 25.7. The zero-order valence-electron chi connectivity index (χ0n) is 39.3. The molecule has 372 valence electrons. The first-order valence-corrected chi connectivity index (χ1v) is 24.7. The highest BCUT2D eigenvalue weighted by Gasteiger charge is 2.47. The Hall–Kier alpha value is -2.05. The van der Waals surface area contributed by atoms with Gasteiger partial charge in [-0.15, -0.1) is 0 Å². The average Bonchev–Trinajstić information content (AvgIpc) is 3.29. The largest absolute Gasteiger partial charge is 0.457 e. The van der Waals surface area contributed by atoms with E-state index in [1.165, 1.54) is 44.9 Å². The molecule has 0 aromatic carbocycles. The summed E-state index contributed by atoms with van der Waals surface area (Å²) in [6, 6.07) is 0. The van der Waals surface area contributed by atoms with Gasteiger partial charge in [-0.2, -0.15) is 0 Å². The molecule has 0 amide bonds. The number of esters is 1. The summed E-state index contributed by atoms with van der Waals surface area (Å²) in [5.41, 5.74) is 0. The molecule has 14 heteroatoms. The highest BCUT2D eigenvalue weighted by molar-refractivity contribution is 5.69. The lowest BCUT2D eigenvalue weighted by atomic mass is 9.98. The van der Waals surface area contributed by atoms with E-state index in [-0.39, 0.29) is 19.6 Å². The van der Waals surface area contributed by atoms with Crippen LogP contribution in [0.3, 0.4) is 0 Å². The van der Waals surface area contributed by atoms with Gasteiger partial charge in [0.15, 0.2) is 12.6 Å². The fourth-order valence-electron chi connectivity index (χ4n) is 7.45. The molecule has 0 aromatic rings. The predicted molar refractivity (Wildman–Crippen MR) is 247 cm³/mol. The lowest BCUT2D eigenvalue weighted by molar-refractivity contribution is -0.332. The molecule has 11 atom stereocenters. The van der Waals surface area contributed by atoms with Crippen LogP contribution < -0.4 is 0 Å². The van der Waals surface area contributed by atoms with Crippen LogP contribution in [-0.2, 0) is 33.2 Å². The molecule has 7 N–H and O–H groups in total. The number of aliphatic hydroxyl groups is 7. The van der Waals surface area contributed by atoms with Crippen molar-refractivity contribution in [3.8, 4) is 0 Å². The van der Waals surface area contributed by atoms with Crippen LogP contribution in [0.4, 0.5) is 0 Å². The molecule has 2 rings (SSSR count). The van der Waals surface area contributed by atoms with Crippen LogP contribution in [-0.4, -0.2) is 142 Å². The first kappa shape index (κ1) is 58.1. The summed E-state index contributed by atoms with van der Waals surface area (Å²) in [5, 5.41) is 72.0. The van der Waals surface area contributed by atoms with Gasteiger partial charge in [0, 0.05) is 13.0 Å². The van der Waals surface area contributed by atoms with E-state index < -0.39 is 86.7 Å². The van der Waals surface area contributed by atoms with Crippen molar-refractivity contribution in [2.24, 2.45) is 0 Å². The van der Waals surface area contributed by atoms with Crippen LogP contribution in [0.1, 0.15) is 162 Å². The summed E-state index contributed by atoms with van der Waals surface area (Å²) >= 11 is 0. The van der Waals surface area contributed by atoms with Gasteiger partial charge < -0.3 is 64.2 Å². The smallest absolute Gasteiger partial charge is 0.306 e. The fourth-order valence-corrected chi connectivity index (χ4v) is 7.45. The molecular weight excluding hydrogens is 825 g/mol. The van der Waals surface area contributed by atoms with E-state index >= 15 is 0 Å². The van der Waals surface area contributed by atoms with Crippen LogP contribution in [0.15, 0.2) is 48.6 Å². The maximum atomic E-state index is 13.0. The van der Waals surface area contributed by atoms with Gasteiger partial charge in [0.05, 0.1) is 26.4 Å². The van der Waals surface area contributed by atoms with Crippen LogP contribution in [0.5, 0.6) is 0 Å². The predicted octanol–water partition coefficient (Wildman–Crippen LogP) is 6.79. The maximum Gasteiger partial charge on any atom is 0.306 e. The molecule has 2 heterocycles. The van der Waals surface area contributed by atoms with E-state index in [2.05, 4.69) is 62.5 Å². The van der Waals surface area contributed by atoms with Crippen molar-refractivity contribution in [2.45, 2.75) is 229 Å². The quantitative estimate of drug-likeness (QED) is 0.0193. The van der Waals surface area contributed by atoms with E-state index in [4.69, 9.17) is 28.4 Å². The first-order chi connectivity index (χ1) is 31.1. The Kier molecular flexibility index (Phi) is 34.5. The Morgan fingerprint density at radius 1 is 0.516 bits per heavy atom. The Balaban J connectivity index is 1.80. The lowest BCUT2D eigenvalue weighted by Gasteiger charge is -2.42. The van der Waals surface area contributed by atoms with Crippen molar-refractivity contribution >= 4 is 5.97 Å². The van der Waals surface area contributed by atoms with Crippen LogP contribution in [0.25, 0.3) is 0 Å². The summed E-state index contributed by atoms with van der Waals surface area (Å²) in [7, 11) is 0. The molecule has 0 radical (unpaired) electrons. The summed E-state index contributed by atoms with van der Waals surface area (Å²) in [6.07, 6.45) is 26.0. The number of rotatable bonds is 38. The molecule has 64 heavy (non-hydrogen) atoms. The third-order valence-electron chi connectivity index (χ3n) is 11.6. The molecule has 11 unspecified atom stereocenters. The average molecular weight is 913 g/mol. The van der Waals surface area contributed by atoms with Crippen molar-refractivity contribution in [2.75, 3.05) is 33.0 Å². The standard InChI is InChI=1S/C50H88O14/c1-3-5-7-9-11-13-15-17-19-21-23-25-27-29-31-33-42(52)62-39(36-59-34-32-30-28-26-24-22-20-18-16-14-12-10-8-6-4-2)37-60-49-48(58)46(56)44(54)41(64-49)38-61-50-47(57)45(55)43(53)40(35-51)63-50/h10-13,16-19,39-41,43-51,53-58H,3-9,14-15,20-38H2,1-2H3/b12-10-,13-11-,18-16-,19-17-. The number of hydrogen-bond acceptors (Lipinski definition) is 14. The minimum atomic E-state index is -1.71. The van der Waals surface area contributed by atoms with Gasteiger partial charge in [-0.3, -0.25) is 4.79 Å². The molecule has 14 nitrogen and oxygen atoms in total. The monoisotopic (exact) mass is 913 g/mol. The second-order valence-electron chi connectivity index (χ2n) is 17.3. The second-order valence-corrected chi connectivity index (χ2v) is 17.3. The zero-order chi connectivity index (χ0) is 46.6. The van der Waals surface area contributed by atoms with Gasteiger partial charge in [-0.25, -0.2) is 0 Å². The van der Waals surface area contributed by atoms with E-state index in [1.807, 2.05) is 0 Å². The Morgan fingerprint density at radius 2 is 0.984 bits per heavy atom. The number of carbonyl (C=O) groups is 1.